The van der Waals surface area contributed by atoms with Gasteiger partial charge < -0.3 is 9.64 Å². The van der Waals surface area contributed by atoms with Crippen molar-refractivity contribution < 1.29 is 4.74 Å². The van der Waals surface area contributed by atoms with Crippen molar-refractivity contribution in [2.24, 2.45) is 0 Å². The summed E-state index contributed by atoms with van der Waals surface area (Å²) in [5.74, 6) is 1.07. The van der Waals surface area contributed by atoms with E-state index < -0.39 is 0 Å². The highest BCUT2D eigenvalue weighted by atomic mass is 16.5. The van der Waals surface area contributed by atoms with Crippen LogP contribution in [0.4, 0.5) is 0 Å². The van der Waals surface area contributed by atoms with E-state index in [2.05, 4.69) is 29.2 Å². The van der Waals surface area contributed by atoms with Gasteiger partial charge >= 0.3 is 0 Å². The molecule has 132 valence electrons. The summed E-state index contributed by atoms with van der Waals surface area (Å²) in [4.78, 5) is 2.68. The molecule has 2 aliphatic heterocycles. The summed E-state index contributed by atoms with van der Waals surface area (Å²) in [6.45, 7) is 2.36. The third-order valence-electron chi connectivity index (χ3n) is 6.55. The highest BCUT2D eigenvalue weighted by molar-refractivity contribution is 5.67. The van der Waals surface area contributed by atoms with Gasteiger partial charge in [0.05, 0.1) is 11.6 Å². The molecule has 0 aromatic heterocycles. The fourth-order valence-corrected chi connectivity index (χ4v) is 4.68. The van der Waals surface area contributed by atoms with Crippen molar-refractivity contribution in [1.29, 1.82) is 5.26 Å². The molecule has 0 bridgehead atoms. The van der Waals surface area contributed by atoms with Gasteiger partial charge in [-0.25, -0.2) is 0 Å². The molecule has 2 heterocycles. The molecule has 3 aliphatic rings. The summed E-state index contributed by atoms with van der Waals surface area (Å²) in [6, 6.07) is 17.4. The quantitative estimate of drug-likeness (QED) is 0.802. The highest BCUT2D eigenvalue weighted by Gasteiger charge is 2.43. The van der Waals surface area contributed by atoms with Crippen LogP contribution in [-0.2, 0) is 6.42 Å². The molecule has 26 heavy (non-hydrogen) atoms. The Morgan fingerprint density at radius 3 is 2.38 bits per heavy atom. The van der Waals surface area contributed by atoms with Crippen LogP contribution >= 0.6 is 0 Å². The molecule has 0 N–H and O–H groups in total. The van der Waals surface area contributed by atoms with E-state index >= 15 is 0 Å². The molecule has 2 fully saturated rings. The smallest absolute Gasteiger partial charge is 0.123 e. The van der Waals surface area contributed by atoms with Crippen LogP contribution in [0, 0.1) is 11.3 Å². The summed E-state index contributed by atoms with van der Waals surface area (Å²) in [5, 5.41) is 8.97. The zero-order chi connectivity index (χ0) is 17.6. The molecule has 0 amide bonds. The fourth-order valence-electron chi connectivity index (χ4n) is 4.68. The van der Waals surface area contributed by atoms with Crippen molar-refractivity contribution in [3.05, 3.63) is 53.6 Å². The molecule has 0 radical (unpaired) electrons. The maximum Gasteiger partial charge on any atom is 0.123 e. The minimum absolute atomic E-state index is 0.0197. The Bertz CT molecular complexity index is 853. The van der Waals surface area contributed by atoms with Crippen LogP contribution in [-0.4, -0.2) is 29.6 Å². The standard InChI is InChI=1S/C23H24N2O/c24-16-17-4-6-18(7-5-17)19-8-9-22-20(14-19)15-23(26-22)10-12-25(13-11-23)21-2-1-3-21/h4-9,14,21H,1-3,10-13,15H2. The minimum Gasteiger partial charge on any atom is -0.487 e. The number of fused-ring (bicyclic) bond motifs is 1. The van der Waals surface area contributed by atoms with Gasteiger partial charge in [0, 0.05) is 38.4 Å². The molecule has 5 rings (SSSR count). The summed E-state index contributed by atoms with van der Waals surface area (Å²) < 4.78 is 6.47. The van der Waals surface area contributed by atoms with Gasteiger partial charge in [0.25, 0.3) is 0 Å². The van der Waals surface area contributed by atoms with Crippen molar-refractivity contribution in [3.8, 4) is 22.9 Å². The first-order valence-corrected chi connectivity index (χ1v) is 9.81. The van der Waals surface area contributed by atoms with Crippen LogP contribution in [0.3, 0.4) is 0 Å². The Labute approximate surface area is 155 Å². The van der Waals surface area contributed by atoms with Gasteiger partial charge in [-0.05, 0) is 53.8 Å². The van der Waals surface area contributed by atoms with Crippen LogP contribution in [0.2, 0.25) is 0 Å². The van der Waals surface area contributed by atoms with E-state index in [-0.39, 0.29) is 5.60 Å². The number of ether oxygens (including phenoxy) is 1. The van der Waals surface area contributed by atoms with Gasteiger partial charge in [0.2, 0.25) is 0 Å². The minimum atomic E-state index is 0.0197. The number of benzene rings is 2. The molecular weight excluding hydrogens is 320 g/mol. The van der Waals surface area contributed by atoms with Gasteiger partial charge in [0.1, 0.15) is 11.4 Å². The lowest BCUT2D eigenvalue weighted by Gasteiger charge is -2.45. The van der Waals surface area contributed by atoms with Gasteiger partial charge in [-0.1, -0.05) is 24.6 Å². The van der Waals surface area contributed by atoms with E-state index in [1.54, 1.807) is 0 Å². The number of nitrogens with zero attached hydrogens (tertiary/aromatic N) is 2. The lowest BCUT2D eigenvalue weighted by atomic mass is 9.83. The van der Waals surface area contributed by atoms with Gasteiger partial charge in [0.15, 0.2) is 0 Å². The van der Waals surface area contributed by atoms with Gasteiger partial charge in [-0.2, -0.15) is 5.26 Å². The molecular formula is C23H24N2O. The molecule has 1 saturated heterocycles. The van der Waals surface area contributed by atoms with Crippen LogP contribution in [0.5, 0.6) is 5.75 Å². The molecule has 1 saturated carbocycles. The first-order valence-electron chi connectivity index (χ1n) is 9.81. The molecule has 2 aromatic rings. The first kappa shape index (κ1) is 15.9. The van der Waals surface area contributed by atoms with Gasteiger partial charge in [-0.15, -0.1) is 0 Å². The predicted octanol–water partition coefficient (Wildman–Crippen LogP) is 4.55. The van der Waals surface area contributed by atoms with E-state index in [4.69, 9.17) is 10.00 Å². The Kier molecular flexibility index (Phi) is 3.76. The van der Waals surface area contributed by atoms with E-state index in [9.17, 15) is 0 Å². The number of piperidine rings is 1. The van der Waals surface area contributed by atoms with Gasteiger partial charge in [-0.3, -0.25) is 0 Å². The molecule has 3 heteroatoms. The monoisotopic (exact) mass is 344 g/mol. The SMILES string of the molecule is N#Cc1ccc(-c2ccc3c(c2)CC2(CCN(C4CCC4)CC2)O3)cc1. The number of likely N-dealkylation sites (tertiary alicyclic amines) is 1. The third-order valence-corrected chi connectivity index (χ3v) is 6.55. The summed E-state index contributed by atoms with van der Waals surface area (Å²) in [6.07, 6.45) is 7.51. The Morgan fingerprint density at radius 2 is 1.73 bits per heavy atom. The second-order valence-electron chi connectivity index (χ2n) is 8.09. The average molecular weight is 344 g/mol. The Hall–Kier alpha value is -2.31. The fraction of sp³-hybridized carbons (Fsp3) is 0.435. The van der Waals surface area contributed by atoms with Crippen LogP contribution in [0.15, 0.2) is 42.5 Å². The largest absolute Gasteiger partial charge is 0.487 e. The summed E-state index contributed by atoms with van der Waals surface area (Å²) in [7, 11) is 0. The predicted molar refractivity (Wildman–Crippen MR) is 102 cm³/mol. The zero-order valence-electron chi connectivity index (χ0n) is 15.1. The first-order chi connectivity index (χ1) is 12.7. The van der Waals surface area contributed by atoms with Crippen molar-refractivity contribution in [2.75, 3.05) is 13.1 Å². The van der Waals surface area contributed by atoms with Crippen molar-refractivity contribution in [1.82, 2.24) is 4.90 Å². The summed E-state index contributed by atoms with van der Waals surface area (Å²) in [5.41, 5.74) is 4.43. The maximum atomic E-state index is 8.97. The zero-order valence-corrected chi connectivity index (χ0v) is 15.1. The van der Waals surface area contributed by atoms with Crippen LogP contribution in [0.25, 0.3) is 11.1 Å². The highest BCUT2D eigenvalue weighted by Crippen LogP contribution is 2.43. The lowest BCUT2D eigenvalue weighted by molar-refractivity contribution is -0.00746. The summed E-state index contributed by atoms with van der Waals surface area (Å²) >= 11 is 0. The number of nitriles is 1. The van der Waals surface area contributed by atoms with Crippen molar-refractivity contribution in [3.63, 3.8) is 0 Å². The Balaban J connectivity index is 1.33. The maximum absolute atomic E-state index is 8.97. The molecule has 3 nitrogen and oxygen atoms in total. The topological polar surface area (TPSA) is 36.3 Å². The van der Waals surface area contributed by atoms with Crippen LogP contribution < -0.4 is 4.74 Å². The number of hydrogen-bond acceptors (Lipinski definition) is 3. The van der Waals surface area contributed by atoms with Crippen molar-refractivity contribution >= 4 is 0 Å². The average Bonchev–Trinajstić information content (AvgIpc) is 2.99. The van der Waals surface area contributed by atoms with E-state index in [0.29, 0.717) is 5.56 Å². The molecule has 1 spiro atoms. The molecule has 0 unspecified atom stereocenters. The third kappa shape index (κ3) is 2.70. The van der Waals surface area contributed by atoms with E-state index in [1.165, 1.54) is 43.5 Å². The Morgan fingerprint density at radius 1 is 1.00 bits per heavy atom. The van der Waals surface area contributed by atoms with Crippen molar-refractivity contribution in [2.45, 2.75) is 50.2 Å². The van der Waals surface area contributed by atoms with E-state index in [0.717, 1.165) is 36.6 Å². The van der Waals surface area contributed by atoms with E-state index in [1.807, 2.05) is 24.3 Å². The number of hydrogen-bond donors (Lipinski definition) is 0. The molecule has 2 aromatic carbocycles. The normalized spacial score (nSPS) is 21.7. The second-order valence-corrected chi connectivity index (χ2v) is 8.09. The molecule has 1 aliphatic carbocycles. The lowest BCUT2D eigenvalue weighted by Crippen LogP contribution is -2.52. The second kappa shape index (κ2) is 6.14. The van der Waals surface area contributed by atoms with Crippen LogP contribution in [0.1, 0.15) is 43.2 Å². The molecule has 0 atom stereocenters. The number of rotatable bonds is 2.